The fourth-order valence-electron chi connectivity index (χ4n) is 3.13. The molecule has 0 atom stereocenters. The van der Waals surface area contributed by atoms with Crippen molar-refractivity contribution in [3.63, 3.8) is 0 Å². The molecule has 0 amide bonds. The standard InChI is InChI=1S/C18H23BrN2/c1-3-18(2)8-10-21(11-9-18)17-15(13-19)12-14-6-4-5-7-16(14)20-17/h4-7,12H,3,8-11,13H2,1-2H3. The van der Waals surface area contributed by atoms with E-state index in [0.717, 1.165) is 23.9 Å². The van der Waals surface area contributed by atoms with E-state index in [1.54, 1.807) is 0 Å². The lowest BCUT2D eigenvalue weighted by atomic mass is 9.78. The molecule has 1 aliphatic heterocycles. The predicted molar refractivity (Wildman–Crippen MR) is 94.2 cm³/mol. The van der Waals surface area contributed by atoms with Crippen molar-refractivity contribution in [1.29, 1.82) is 0 Å². The smallest absolute Gasteiger partial charge is 0.133 e. The van der Waals surface area contributed by atoms with Crippen molar-refractivity contribution in [1.82, 2.24) is 4.98 Å². The molecule has 1 aromatic carbocycles. The number of benzene rings is 1. The number of rotatable bonds is 3. The molecule has 1 aliphatic rings. The number of para-hydroxylation sites is 1. The highest BCUT2D eigenvalue weighted by Crippen LogP contribution is 2.36. The number of hydrogen-bond donors (Lipinski definition) is 0. The van der Waals surface area contributed by atoms with Gasteiger partial charge in [0.2, 0.25) is 0 Å². The van der Waals surface area contributed by atoms with E-state index in [2.05, 4.69) is 65.0 Å². The van der Waals surface area contributed by atoms with Crippen molar-refractivity contribution in [3.05, 3.63) is 35.9 Å². The average molecular weight is 347 g/mol. The molecule has 0 spiro atoms. The molecule has 2 nitrogen and oxygen atoms in total. The van der Waals surface area contributed by atoms with Crippen LogP contribution in [0.4, 0.5) is 5.82 Å². The first kappa shape index (κ1) is 14.8. The summed E-state index contributed by atoms with van der Waals surface area (Å²) in [6.45, 7) is 6.97. The molecular formula is C18H23BrN2. The van der Waals surface area contributed by atoms with Crippen molar-refractivity contribution in [2.45, 2.75) is 38.4 Å². The minimum atomic E-state index is 0.516. The maximum Gasteiger partial charge on any atom is 0.133 e. The zero-order valence-electron chi connectivity index (χ0n) is 12.9. The third kappa shape index (κ3) is 2.94. The zero-order valence-corrected chi connectivity index (χ0v) is 14.5. The number of nitrogens with zero attached hydrogens (tertiary/aromatic N) is 2. The molecule has 0 N–H and O–H groups in total. The van der Waals surface area contributed by atoms with Gasteiger partial charge in [-0.3, -0.25) is 0 Å². The van der Waals surface area contributed by atoms with Crippen molar-refractivity contribution < 1.29 is 0 Å². The summed E-state index contributed by atoms with van der Waals surface area (Å²) in [4.78, 5) is 7.41. The van der Waals surface area contributed by atoms with Crippen LogP contribution in [0.2, 0.25) is 0 Å². The Hall–Kier alpha value is -1.09. The number of anilines is 1. The van der Waals surface area contributed by atoms with Crippen molar-refractivity contribution in [2.75, 3.05) is 18.0 Å². The van der Waals surface area contributed by atoms with E-state index in [9.17, 15) is 0 Å². The summed E-state index contributed by atoms with van der Waals surface area (Å²) in [6, 6.07) is 10.7. The Kier molecular flexibility index (Phi) is 4.21. The topological polar surface area (TPSA) is 16.1 Å². The molecule has 2 aromatic rings. The Bertz CT molecular complexity index is 630. The highest BCUT2D eigenvalue weighted by atomic mass is 79.9. The predicted octanol–water partition coefficient (Wildman–Crippen LogP) is 5.15. The van der Waals surface area contributed by atoms with E-state index < -0.39 is 0 Å². The van der Waals surface area contributed by atoms with Crippen LogP contribution in [0.3, 0.4) is 0 Å². The SMILES string of the molecule is CCC1(C)CCN(c2nc3ccccc3cc2CBr)CC1. The molecule has 1 aromatic heterocycles. The van der Waals surface area contributed by atoms with E-state index in [-0.39, 0.29) is 0 Å². The van der Waals surface area contributed by atoms with Crippen molar-refractivity contribution in [2.24, 2.45) is 5.41 Å². The summed E-state index contributed by atoms with van der Waals surface area (Å²) < 4.78 is 0. The molecule has 0 unspecified atom stereocenters. The minimum absolute atomic E-state index is 0.516. The van der Waals surface area contributed by atoms with Gasteiger partial charge in [0.15, 0.2) is 0 Å². The second kappa shape index (κ2) is 5.96. The number of aromatic nitrogens is 1. The third-order valence-electron chi connectivity index (χ3n) is 5.05. The first-order chi connectivity index (χ1) is 10.1. The van der Waals surface area contributed by atoms with Crippen LogP contribution in [-0.4, -0.2) is 18.1 Å². The van der Waals surface area contributed by atoms with Gasteiger partial charge in [-0.2, -0.15) is 0 Å². The summed E-state index contributed by atoms with van der Waals surface area (Å²) in [5, 5.41) is 2.09. The van der Waals surface area contributed by atoms with Gasteiger partial charge in [-0.05, 0) is 30.4 Å². The van der Waals surface area contributed by atoms with Gasteiger partial charge in [0.25, 0.3) is 0 Å². The van der Waals surface area contributed by atoms with E-state index in [1.807, 2.05) is 0 Å². The molecule has 1 fully saturated rings. The second-order valence-electron chi connectivity index (χ2n) is 6.45. The number of alkyl halides is 1. The number of pyridine rings is 1. The Morgan fingerprint density at radius 2 is 1.95 bits per heavy atom. The van der Waals surface area contributed by atoms with Crippen LogP contribution >= 0.6 is 15.9 Å². The fourth-order valence-corrected chi connectivity index (χ4v) is 3.55. The quantitative estimate of drug-likeness (QED) is 0.714. The molecular weight excluding hydrogens is 324 g/mol. The summed E-state index contributed by atoms with van der Waals surface area (Å²) in [7, 11) is 0. The number of piperidine rings is 1. The van der Waals surface area contributed by atoms with E-state index in [0.29, 0.717) is 5.41 Å². The number of fused-ring (bicyclic) bond motifs is 1. The molecule has 3 heteroatoms. The first-order valence-corrected chi connectivity index (χ1v) is 8.97. The molecule has 2 heterocycles. The summed E-state index contributed by atoms with van der Waals surface area (Å²) in [5.41, 5.74) is 2.91. The Morgan fingerprint density at radius 1 is 1.24 bits per heavy atom. The van der Waals surface area contributed by atoms with Gasteiger partial charge in [-0.1, -0.05) is 54.4 Å². The Morgan fingerprint density at radius 3 is 2.62 bits per heavy atom. The number of hydrogen-bond acceptors (Lipinski definition) is 2. The van der Waals surface area contributed by atoms with Crippen LogP contribution in [0, 0.1) is 5.41 Å². The van der Waals surface area contributed by atoms with Gasteiger partial charge in [-0.15, -0.1) is 0 Å². The van der Waals surface area contributed by atoms with E-state index in [1.165, 1.54) is 36.0 Å². The molecule has 0 radical (unpaired) electrons. The zero-order chi connectivity index (χ0) is 14.9. The molecule has 21 heavy (non-hydrogen) atoms. The van der Waals surface area contributed by atoms with E-state index >= 15 is 0 Å². The second-order valence-corrected chi connectivity index (χ2v) is 7.01. The van der Waals surface area contributed by atoms with Crippen molar-refractivity contribution in [3.8, 4) is 0 Å². The van der Waals surface area contributed by atoms with Gasteiger partial charge in [0.05, 0.1) is 5.52 Å². The van der Waals surface area contributed by atoms with Gasteiger partial charge in [0, 0.05) is 29.4 Å². The molecule has 1 saturated heterocycles. The summed E-state index contributed by atoms with van der Waals surface area (Å²) >= 11 is 3.63. The number of halogens is 1. The monoisotopic (exact) mass is 346 g/mol. The maximum absolute atomic E-state index is 4.94. The lowest BCUT2D eigenvalue weighted by Crippen LogP contribution is -2.39. The maximum atomic E-state index is 4.94. The van der Waals surface area contributed by atoms with Crippen molar-refractivity contribution >= 4 is 32.7 Å². The first-order valence-electron chi connectivity index (χ1n) is 7.85. The van der Waals surface area contributed by atoms with Gasteiger partial charge in [-0.25, -0.2) is 4.98 Å². The molecule has 0 bridgehead atoms. The molecule has 0 aliphatic carbocycles. The van der Waals surface area contributed by atoms with Crippen LogP contribution in [0.5, 0.6) is 0 Å². The van der Waals surface area contributed by atoms with E-state index in [4.69, 9.17) is 4.98 Å². The van der Waals surface area contributed by atoms with Crippen LogP contribution in [0.25, 0.3) is 10.9 Å². The average Bonchev–Trinajstić information content (AvgIpc) is 2.54. The normalized spacial score (nSPS) is 18.1. The lowest BCUT2D eigenvalue weighted by Gasteiger charge is -2.40. The van der Waals surface area contributed by atoms with Crippen LogP contribution < -0.4 is 4.90 Å². The molecule has 112 valence electrons. The molecule has 3 rings (SSSR count). The largest absolute Gasteiger partial charge is 0.356 e. The van der Waals surface area contributed by atoms with Gasteiger partial charge >= 0.3 is 0 Å². The summed E-state index contributed by atoms with van der Waals surface area (Å²) in [6.07, 6.45) is 3.80. The molecule has 0 saturated carbocycles. The fraction of sp³-hybridized carbons (Fsp3) is 0.500. The summed E-state index contributed by atoms with van der Waals surface area (Å²) in [5.74, 6) is 1.17. The Labute approximate surface area is 135 Å². The highest BCUT2D eigenvalue weighted by molar-refractivity contribution is 9.08. The minimum Gasteiger partial charge on any atom is -0.356 e. The Balaban J connectivity index is 1.93. The lowest BCUT2D eigenvalue weighted by molar-refractivity contribution is 0.237. The van der Waals surface area contributed by atoms with Gasteiger partial charge < -0.3 is 4.90 Å². The highest BCUT2D eigenvalue weighted by Gasteiger charge is 2.29. The van der Waals surface area contributed by atoms with Crippen LogP contribution in [0.1, 0.15) is 38.7 Å². The van der Waals surface area contributed by atoms with Gasteiger partial charge in [0.1, 0.15) is 5.82 Å². The third-order valence-corrected chi connectivity index (χ3v) is 5.65. The van der Waals surface area contributed by atoms with Crippen LogP contribution in [-0.2, 0) is 5.33 Å². The van der Waals surface area contributed by atoms with Crippen LogP contribution in [0.15, 0.2) is 30.3 Å².